The molecule has 0 unspecified atom stereocenters. The predicted molar refractivity (Wildman–Crippen MR) is 101 cm³/mol. The van der Waals surface area contributed by atoms with Gasteiger partial charge in [0.05, 0.1) is 12.1 Å². The molecule has 1 amide bonds. The Morgan fingerprint density at radius 3 is 2.58 bits per heavy atom. The number of nitrogens with one attached hydrogen (secondary N) is 1. The van der Waals surface area contributed by atoms with Crippen LogP contribution in [-0.2, 0) is 21.3 Å². The molecule has 26 heavy (non-hydrogen) atoms. The van der Waals surface area contributed by atoms with E-state index in [9.17, 15) is 13.2 Å². The van der Waals surface area contributed by atoms with Crippen LogP contribution in [-0.4, -0.2) is 39.5 Å². The van der Waals surface area contributed by atoms with Crippen molar-refractivity contribution in [2.24, 2.45) is 0 Å². The molecule has 0 aliphatic rings. The molecule has 2 aromatic rings. The zero-order valence-corrected chi connectivity index (χ0v) is 16.5. The predicted octanol–water partition coefficient (Wildman–Crippen LogP) is 3.15. The Bertz CT molecular complexity index is 903. The second-order valence-electron chi connectivity index (χ2n) is 5.38. The zero-order valence-electron chi connectivity index (χ0n) is 14.2. The Kier molecular flexibility index (Phi) is 7.02. The van der Waals surface area contributed by atoms with Crippen molar-refractivity contribution in [2.75, 3.05) is 20.7 Å². The molecule has 0 saturated heterocycles. The second-order valence-corrected chi connectivity index (χ2v) is 8.13. The largest absolute Gasteiger partial charge is 0.352 e. The summed E-state index contributed by atoms with van der Waals surface area (Å²) in [6, 6.07) is 11.4. The Balaban J connectivity index is 2.11. The Labute approximate surface area is 162 Å². The summed E-state index contributed by atoms with van der Waals surface area (Å²) >= 11 is 11.9. The standard InChI is InChI=1S/C17H18Cl2N2O4S/c1-21(25-2)26(23,24)16-11-13(6-7-15(16)19)17(22)20-9-8-12-4-3-5-14(18)10-12/h3-7,10-11H,8-9H2,1-2H3,(H,20,22). The number of nitrogens with zero attached hydrogens (tertiary/aromatic N) is 1. The molecular weight excluding hydrogens is 399 g/mol. The quantitative estimate of drug-likeness (QED) is 0.703. The summed E-state index contributed by atoms with van der Waals surface area (Å²) in [6.45, 7) is 0.377. The molecule has 0 fully saturated rings. The number of carbonyl (C=O) groups excluding carboxylic acids is 1. The van der Waals surface area contributed by atoms with Gasteiger partial charge in [0.25, 0.3) is 15.9 Å². The van der Waals surface area contributed by atoms with Crippen molar-refractivity contribution in [3.05, 3.63) is 63.6 Å². The van der Waals surface area contributed by atoms with E-state index in [1.54, 1.807) is 6.07 Å². The molecule has 2 aromatic carbocycles. The third kappa shape index (κ3) is 4.96. The first-order valence-corrected chi connectivity index (χ1v) is 9.80. The van der Waals surface area contributed by atoms with Crippen LogP contribution >= 0.6 is 23.2 Å². The highest BCUT2D eigenvalue weighted by Crippen LogP contribution is 2.25. The highest BCUT2D eigenvalue weighted by atomic mass is 35.5. The molecule has 2 rings (SSSR count). The molecule has 140 valence electrons. The first kappa shape index (κ1) is 20.7. The van der Waals surface area contributed by atoms with Crippen molar-refractivity contribution < 1.29 is 18.0 Å². The number of hydrogen-bond donors (Lipinski definition) is 1. The van der Waals surface area contributed by atoms with Crippen molar-refractivity contribution in [3.8, 4) is 0 Å². The van der Waals surface area contributed by atoms with Gasteiger partial charge in [-0.3, -0.25) is 9.63 Å². The lowest BCUT2D eigenvalue weighted by atomic mass is 10.1. The highest BCUT2D eigenvalue weighted by Gasteiger charge is 2.25. The monoisotopic (exact) mass is 416 g/mol. The summed E-state index contributed by atoms with van der Waals surface area (Å²) in [7, 11) is -1.50. The molecule has 0 aliphatic heterocycles. The van der Waals surface area contributed by atoms with Gasteiger partial charge < -0.3 is 5.32 Å². The average Bonchev–Trinajstić information content (AvgIpc) is 2.61. The first-order valence-electron chi connectivity index (χ1n) is 7.61. The van der Waals surface area contributed by atoms with Crippen LogP contribution in [0.5, 0.6) is 0 Å². The van der Waals surface area contributed by atoms with E-state index in [0.717, 1.165) is 5.56 Å². The third-order valence-corrected chi connectivity index (χ3v) is 6.05. The van der Waals surface area contributed by atoms with Crippen molar-refractivity contribution in [1.82, 2.24) is 9.79 Å². The van der Waals surface area contributed by atoms with Crippen LogP contribution in [0.15, 0.2) is 47.4 Å². The van der Waals surface area contributed by atoms with Crippen LogP contribution in [0.4, 0.5) is 0 Å². The summed E-state index contributed by atoms with van der Waals surface area (Å²) in [5.41, 5.74) is 1.17. The molecule has 0 aliphatic carbocycles. The zero-order chi connectivity index (χ0) is 19.3. The van der Waals surface area contributed by atoms with Crippen LogP contribution in [0.2, 0.25) is 10.0 Å². The van der Waals surface area contributed by atoms with Gasteiger partial charge in [-0.25, -0.2) is 8.42 Å². The molecule has 0 heterocycles. The highest BCUT2D eigenvalue weighted by molar-refractivity contribution is 7.89. The van der Waals surface area contributed by atoms with E-state index in [1.807, 2.05) is 18.2 Å². The van der Waals surface area contributed by atoms with Gasteiger partial charge in [-0.05, 0) is 42.3 Å². The van der Waals surface area contributed by atoms with Crippen LogP contribution in [0.3, 0.4) is 0 Å². The van der Waals surface area contributed by atoms with Gasteiger partial charge in [-0.1, -0.05) is 39.8 Å². The Hall–Kier alpha value is -1.64. The lowest BCUT2D eigenvalue weighted by Gasteiger charge is -2.16. The first-order chi connectivity index (χ1) is 12.3. The molecule has 0 radical (unpaired) electrons. The van der Waals surface area contributed by atoms with Crippen molar-refractivity contribution in [1.29, 1.82) is 0 Å². The van der Waals surface area contributed by atoms with Crippen LogP contribution in [0, 0.1) is 0 Å². The molecule has 9 heteroatoms. The van der Waals surface area contributed by atoms with Gasteiger partial charge >= 0.3 is 0 Å². The van der Waals surface area contributed by atoms with Gasteiger partial charge in [0.1, 0.15) is 4.90 Å². The number of rotatable bonds is 7. The minimum absolute atomic E-state index is 0.00405. The van der Waals surface area contributed by atoms with E-state index >= 15 is 0 Å². The lowest BCUT2D eigenvalue weighted by Crippen LogP contribution is -2.28. The number of sulfonamides is 1. The minimum Gasteiger partial charge on any atom is -0.352 e. The topological polar surface area (TPSA) is 75.7 Å². The normalized spacial score (nSPS) is 11.6. The van der Waals surface area contributed by atoms with Gasteiger partial charge in [0.2, 0.25) is 0 Å². The molecule has 0 saturated carbocycles. The fraction of sp³-hybridized carbons (Fsp3) is 0.235. The van der Waals surface area contributed by atoms with E-state index < -0.39 is 15.9 Å². The summed E-state index contributed by atoms with van der Waals surface area (Å²) in [6.07, 6.45) is 0.595. The maximum atomic E-state index is 12.4. The van der Waals surface area contributed by atoms with Crippen LogP contribution in [0.1, 0.15) is 15.9 Å². The summed E-state index contributed by atoms with van der Waals surface area (Å²) in [5.74, 6) is -0.403. The van der Waals surface area contributed by atoms with Crippen molar-refractivity contribution >= 4 is 39.1 Å². The maximum Gasteiger partial charge on any atom is 0.266 e. The second kappa shape index (κ2) is 8.83. The molecule has 0 bridgehead atoms. The Morgan fingerprint density at radius 2 is 1.92 bits per heavy atom. The molecule has 0 atom stereocenters. The average molecular weight is 417 g/mol. The summed E-state index contributed by atoms with van der Waals surface area (Å²) in [5, 5.41) is 3.38. The number of halogens is 2. The van der Waals surface area contributed by atoms with Gasteiger partial charge in [0.15, 0.2) is 0 Å². The Morgan fingerprint density at radius 1 is 1.19 bits per heavy atom. The van der Waals surface area contributed by atoms with Crippen LogP contribution < -0.4 is 5.32 Å². The van der Waals surface area contributed by atoms with E-state index in [4.69, 9.17) is 28.0 Å². The minimum atomic E-state index is -3.96. The summed E-state index contributed by atoms with van der Waals surface area (Å²) in [4.78, 5) is 16.8. The van der Waals surface area contributed by atoms with Gasteiger partial charge in [0, 0.05) is 24.2 Å². The SMILES string of the molecule is CON(C)S(=O)(=O)c1cc(C(=O)NCCc2cccc(Cl)c2)ccc1Cl. The molecule has 0 spiro atoms. The van der Waals surface area contributed by atoms with E-state index in [0.29, 0.717) is 22.5 Å². The number of hydroxylamine groups is 1. The molecular formula is C17H18Cl2N2O4S. The van der Waals surface area contributed by atoms with E-state index in [1.165, 1.54) is 32.4 Å². The van der Waals surface area contributed by atoms with Crippen LogP contribution in [0.25, 0.3) is 0 Å². The summed E-state index contributed by atoms with van der Waals surface area (Å²) < 4.78 is 25.4. The van der Waals surface area contributed by atoms with Gasteiger partial charge in [-0.2, -0.15) is 0 Å². The maximum absolute atomic E-state index is 12.4. The smallest absolute Gasteiger partial charge is 0.266 e. The fourth-order valence-electron chi connectivity index (χ4n) is 2.19. The van der Waals surface area contributed by atoms with E-state index in [-0.39, 0.29) is 15.5 Å². The van der Waals surface area contributed by atoms with Gasteiger partial charge in [-0.15, -0.1) is 0 Å². The lowest BCUT2D eigenvalue weighted by molar-refractivity contribution is -0.0258. The molecule has 1 N–H and O–H groups in total. The van der Waals surface area contributed by atoms with E-state index in [2.05, 4.69) is 5.32 Å². The fourth-order valence-corrected chi connectivity index (χ4v) is 3.88. The molecule has 6 nitrogen and oxygen atoms in total. The molecule has 0 aromatic heterocycles. The number of amides is 1. The number of benzene rings is 2. The third-order valence-electron chi connectivity index (χ3n) is 3.66. The van der Waals surface area contributed by atoms with Crippen molar-refractivity contribution in [2.45, 2.75) is 11.3 Å². The number of carbonyl (C=O) groups is 1. The number of hydrogen-bond acceptors (Lipinski definition) is 4. The van der Waals surface area contributed by atoms with Crippen molar-refractivity contribution in [3.63, 3.8) is 0 Å².